The first-order valence-electron chi connectivity index (χ1n) is 3.80. The minimum Gasteiger partial charge on any atom is -0.508 e. The van der Waals surface area contributed by atoms with Crippen LogP contribution in [-0.2, 0) is 31.6 Å². The molecule has 72 valence electrons. The Morgan fingerprint density at radius 3 is 1.85 bits per heavy atom. The molecule has 0 fully saturated rings. The third-order valence-electron chi connectivity index (χ3n) is 1.71. The standard InChI is InChI=1S/C10H14O.ClH.Zr/c1-10(2,3)8-6-4-5-7-9(8)11;;/h4-7,11H,1-3H3;1H;. The van der Waals surface area contributed by atoms with Crippen LogP contribution in [0.4, 0.5) is 0 Å². The van der Waals surface area contributed by atoms with Crippen LogP contribution in [0.1, 0.15) is 26.3 Å². The van der Waals surface area contributed by atoms with Crippen LogP contribution in [-0.4, -0.2) is 5.11 Å². The van der Waals surface area contributed by atoms with Gasteiger partial charge >= 0.3 is 0 Å². The first kappa shape index (κ1) is 15.7. The average Bonchev–Trinajstić information content (AvgIpc) is 1.86. The van der Waals surface area contributed by atoms with Gasteiger partial charge in [0, 0.05) is 26.2 Å². The average molecular weight is 278 g/mol. The molecule has 1 rings (SSSR count). The maximum absolute atomic E-state index is 9.45. The van der Waals surface area contributed by atoms with Crippen molar-refractivity contribution in [3.05, 3.63) is 29.8 Å². The molecule has 0 aliphatic rings. The van der Waals surface area contributed by atoms with Crippen molar-refractivity contribution in [3.8, 4) is 5.75 Å². The summed E-state index contributed by atoms with van der Waals surface area (Å²) in [4.78, 5) is 0. The number of para-hydroxylation sites is 1. The van der Waals surface area contributed by atoms with Crippen molar-refractivity contribution in [3.63, 3.8) is 0 Å². The number of hydrogen-bond acceptors (Lipinski definition) is 1. The Hall–Kier alpha value is 0.193. The summed E-state index contributed by atoms with van der Waals surface area (Å²) in [6, 6.07) is 7.46. The molecular weight excluding hydrogens is 263 g/mol. The van der Waals surface area contributed by atoms with Crippen LogP contribution in [0.15, 0.2) is 24.3 Å². The van der Waals surface area contributed by atoms with Gasteiger partial charge in [0.1, 0.15) is 5.75 Å². The Balaban J connectivity index is 0. The van der Waals surface area contributed by atoms with Gasteiger partial charge in [-0.25, -0.2) is 0 Å². The predicted octanol–water partition coefficient (Wildman–Crippen LogP) is 3.11. The Labute approximate surface area is 105 Å². The van der Waals surface area contributed by atoms with Gasteiger partial charge in [-0.1, -0.05) is 39.0 Å². The van der Waals surface area contributed by atoms with Crippen molar-refractivity contribution in [2.45, 2.75) is 26.2 Å². The zero-order valence-corrected chi connectivity index (χ0v) is 11.4. The van der Waals surface area contributed by atoms with Gasteiger partial charge in [0.05, 0.1) is 0 Å². The molecule has 0 atom stereocenters. The molecule has 1 aromatic rings. The van der Waals surface area contributed by atoms with E-state index in [0.717, 1.165) is 5.56 Å². The van der Waals surface area contributed by atoms with Gasteiger partial charge in [0.15, 0.2) is 0 Å². The van der Waals surface area contributed by atoms with Crippen LogP contribution in [0.2, 0.25) is 0 Å². The molecule has 0 saturated heterocycles. The Morgan fingerprint density at radius 2 is 1.54 bits per heavy atom. The first-order chi connectivity index (χ1) is 5.02. The van der Waals surface area contributed by atoms with Gasteiger partial charge in [-0.15, -0.1) is 12.4 Å². The molecule has 1 nitrogen and oxygen atoms in total. The second-order valence-electron chi connectivity index (χ2n) is 3.77. The molecule has 1 aromatic carbocycles. The Bertz CT molecular complexity index is 255. The van der Waals surface area contributed by atoms with E-state index in [2.05, 4.69) is 20.8 Å². The summed E-state index contributed by atoms with van der Waals surface area (Å²) in [5.74, 6) is 0.389. The Morgan fingerprint density at radius 1 is 1.08 bits per heavy atom. The SMILES string of the molecule is CC(C)(C)c1ccccc1O.Cl.[Zr]. The zero-order chi connectivity index (χ0) is 8.48. The molecule has 0 bridgehead atoms. The summed E-state index contributed by atoms with van der Waals surface area (Å²) < 4.78 is 0. The molecule has 0 aliphatic carbocycles. The van der Waals surface area contributed by atoms with E-state index < -0.39 is 0 Å². The van der Waals surface area contributed by atoms with E-state index in [0.29, 0.717) is 5.75 Å². The number of benzene rings is 1. The fourth-order valence-electron chi connectivity index (χ4n) is 1.11. The topological polar surface area (TPSA) is 20.2 Å². The van der Waals surface area contributed by atoms with Crippen LogP contribution >= 0.6 is 12.4 Å². The summed E-state index contributed by atoms with van der Waals surface area (Å²) in [5, 5.41) is 9.45. The van der Waals surface area contributed by atoms with Crippen molar-refractivity contribution >= 4 is 12.4 Å². The van der Waals surface area contributed by atoms with E-state index in [1.165, 1.54) is 0 Å². The van der Waals surface area contributed by atoms with E-state index in [1.807, 2.05) is 18.2 Å². The van der Waals surface area contributed by atoms with Gasteiger partial charge < -0.3 is 5.11 Å². The number of hydrogen-bond donors (Lipinski definition) is 1. The molecular formula is C10H15ClOZr. The molecule has 0 spiro atoms. The molecule has 0 saturated carbocycles. The van der Waals surface area contributed by atoms with E-state index in [4.69, 9.17) is 0 Å². The predicted molar refractivity (Wildman–Crippen MR) is 54.1 cm³/mol. The molecule has 0 aromatic heterocycles. The third-order valence-corrected chi connectivity index (χ3v) is 1.71. The van der Waals surface area contributed by atoms with Crippen LogP contribution in [0.3, 0.4) is 0 Å². The van der Waals surface area contributed by atoms with Crippen molar-refractivity contribution in [2.24, 2.45) is 0 Å². The van der Waals surface area contributed by atoms with Crippen LogP contribution in [0.5, 0.6) is 5.75 Å². The van der Waals surface area contributed by atoms with Gasteiger partial charge in [-0.2, -0.15) is 0 Å². The third kappa shape index (κ3) is 4.29. The van der Waals surface area contributed by atoms with E-state index in [1.54, 1.807) is 6.07 Å². The Kier molecular flexibility index (Phi) is 7.02. The molecule has 1 N–H and O–H groups in total. The monoisotopic (exact) mass is 276 g/mol. The summed E-state index contributed by atoms with van der Waals surface area (Å²) in [6.07, 6.45) is 0. The van der Waals surface area contributed by atoms with Crippen LogP contribution in [0, 0.1) is 0 Å². The fourth-order valence-corrected chi connectivity index (χ4v) is 1.11. The minimum atomic E-state index is 0. The molecule has 0 unspecified atom stereocenters. The quantitative estimate of drug-likeness (QED) is 0.773. The van der Waals surface area contributed by atoms with Gasteiger partial charge in [-0.05, 0) is 17.0 Å². The maximum Gasteiger partial charge on any atom is 0.119 e. The molecule has 13 heavy (non-hydrogen) atoms. The van der Waals surface area contributed by atoms with E-state index in [9.17, 15) is 5.11 Å². The number of halogens is 1. The molecule has 0 amide bonds. The fraction of sp³-hybridized carbons (Fsp3) is 0.400. The summed E-state index contributed by atoms with van der Waals surface area (Å²) >= 11 is 0. The summed E-state index contributed by atoms with van der Waals surface area (Å²) in [6.45, 7) is 6.26. The number of phenolic OH excluding ortho intramolecular Hbond substituents is 1. The zero-order valence-electron chi connectivity index (χ0n) is 8.16. The minimum absolute atomic E-state index is 0. The second-order valence-corrected chi connectivity index (χ2v) is 3.77. The second kappa shape index (κ2) is 5.83. The summed E-state index contributed by atoms with van der Waals surface area (Å²) in [7, 11) is 0. The number of phenols is 1. The normalized spacial score (nSPS) is 9.77. The van der Waals surface area contributed by atoms with Gasteiger partial charge in [-0.3, -0.25) is 0 Å². The van der Waals surface area contributed by atoms with E-state index >= 15 is 0 Å². The van der Waals surface area contributed by atoms with Crippen molar-refractivity contribution in [1.82, 2.24) is 0 Å². The van der Waals surface area contributed by atoms with Crippen LogP contribution in [0.25, 0.3) is 0 Å². The van der Waals surface area contributed by atoms with Crippen molar-refractivity contribution in [2.75, 3.05) is 0 Å². The van der Waals surface area contributed by atoms with Crippen molar-refractivity contribution in [1.29, 1.82) is 0 Å². The van der Waals surface area contributed by atoms with Crippen molar-refractivity contribution < 1.29 is 31.3 Å². The molecule has 3 heteroatoms. The van der Waals surface area contributed by atoms with Gasteiger partial charge in [0.2, 0.25) is 0 Å². The number of rotatable bonds is 0. The smallest absolute Gasteiger partial charge is 0.119 e. The van der Waals surface area contributed by atoms with E-state index in [-0.39, 0.29) is 44.0 Å². The largest absolute Gasteiger partial charge is 0.508 e. The first-order valence-corrected chi connectivity index (χ1v) is 3.80. The summed E-state index contributed by atoms with van der Waals surface area (Å²) in [5.41, 5.74) is 1.03. The molecule has 0 aliphatic heterocycles. The molecule has 0 heterocycles. The molecule has 0 radical (unpaired) electrons. The van der Waals surface area contributed by atoms with Gasteiger partial charge in [0.25, 0.3) is 0 Å². The number of aromatic hydroxyl groups is 1. The maximum atomic E-state index is 9.45. The van der Waals surface area contributed by atoms with Crippen LogP contribution < -0.4 is 0 Å².